The van der Waals surface area contributed by atoms with E-state index in [9.17, 15) is 4.79 Å². The van der Waals surface area contributed by atoms with Crippen molar-refractivity contribution in [3.63, 3.8) is 0 Å². The molecule has 2 fully saturated rings. The van der Waals surface area contributed by atoms with Crippen LogP contribution in [0.25, 0.3) is 0 Å². The van der Waals surface area contributed by atoms with Crippen LogP contribution < -0.4 is 5.73 Å². The average molecular weight is 252 g/mol. The van der Waals surface area contributed by atoms with E-state index in [0.29, 0.717) is 12.5 Å². The highest BCUT2D eigenvalue weighted by atomic mass is 16.2. The Labute approximate surface area is 111 Å². The first-order chi connectivity index (χ1) is 8.76. The van der Waals surface area contributed by atoms with Crippen LogP contribution in [0.4, 0.5) is 0 Å². The van der Waals surface area contributed by atoms with Gasteiger partial charge < -0.3 is 10.6 Å². The lowest BCUT2D eigenvalue weighted by atomic mass is 9.67. The van der Waals surface area contributed by atoms with Gasteiger partial charge in [-0.2, -0.15) is 0 Å². The Balaban J connectivity index is 1.91. The van der Waals surface area contributed by atoms with E-state index >= 15 is 0 Å². The number of carbonyl (C=O) groups is 1. The fourth-order valence-corrected chi connectivity index (χ4v) is 3.94. The quantitative estimate of drug-likeness (QED) is 0.835. The largest absolute Gasteiger partial charge is 0.341 e. The van der Waals surface area contributed by atoms with Crippen molar-refractivity contribution in [2.24, 2.45) is 23.5 Å². The van der Waals surface area contributed by atoms with Crippen molar-refractivity contribution in [1.29, 1.82) is 0 Å². The minimum absolute atomic E-state index is 0.288. The second-order valence-electron chi connectivity index (χ2n) is 6.02. The molecule has 3 nitrogen and oxygen atoms in total. The maximum absolute atomic E-state index is 12.5. The van der Waals surface area contributed by atoms with Gasteiger partial charge in [0.15, 0.2) is 0 Å². The first kappa shape index (κ1) is 13.9. The summed E-state index contributed by atoms with van der Waals surface area (Å²) in [6, 6.07) is 0. The van der Waals surface area contributed by atoms with E-state index in [1.54, 1.807) is 0 Å². The van der Waals surface area contributed by atoms with E-state index in [4.69, 9.17) is 5.73 Å². The fourth-order valence-electron chi connectivity index (χ4n) is 3.94. The maximum atomic E-state index is 12.5. The van der Waals surface area contributed by atoms with Gasteiger partial charge in [0.2, 0.25) is 5.91 Å². The van der Waals surface area contributed by atoms with Crippen LogP contribution in [0.15, 0.2) is 0 Å². The summed E-state index contributed by atoms with van der Waals surface area (Å²) in [5, 5.41) is 0. The molecule has 0 aliphatic heterocycles. The van der Waals surface area contributed by atoms with Crippen molar-refractivity contribution in [2.45, 2.75) is 51.9 Å². The Morgan fingerprint density at radius 2 is 1.89 bits per heavy atom. The summed E-state index contributed by atoms with van der Waals surface area (Å²) in [6.45, 7) is 4.17. The predicted octanol–water partition coefficient (Wildman–Crippen LogP) is 2.40. The molecule has 2 aliphatic rings. The van der Waals surface area contributed by atoms with Crippen LogP contribution in [0.2, 0.25) is 0 Å². The summed E-state index contributed by atoms with van der Waals surface area (Å²) in [4.78, 5) is 14.4. The number of likely N-dealkylation sites (N-methyl/N-ethyl adjacent to an activating group) is 1. The summed E-state index contributed by atoms with van der Waals surface area (Å²) in [7, 11) is 0. The number of hydrogen-bond donors (Lipinski definition) is 1. The summed E-state index contributed by atoms with van der Waals surface area (Å²) < 4.78 is 0. The third-order valence-corrected chi connectivity index (χ3v) is 4.98. The first-order valence-corrected chi connectivity index (χ1v) is 7.75. The highest BCUT2D eigenvalue weighted by molar-refractivity contribution is 5.79. The number of fused-ring (bicyclic) bond motifs is 1. The van der Waals surface area contributed by atoms with E-state index in [1.165, 1.54) is 32.1 Å². The smallest absolute Gasteiger partial charge is 0.225 e. The molecule has 0 aromatic heterocycles. The summed E-state index contributed by atoms with van der Waals surface area (Å²) in [5.74, 6) is 2.41. The zero-order chi connectivity index (χ0) is 13.0. The Hall–Kier alpha value is -0.570. The van der Waals surface area contributed by atoms with Gasteiger partial charge in [-0.05, 0) is 38.0 Å². The first-order valence-electron chi connectivity index (χ1n) is 7.75. The number of rotatable bonds is 4. The molecule has 2 rings (SSSR count). The van der Waals surface area contributed by atoms with Crippen molar-refractivity contribution in [3.8, 4) is 0 Å². The number of nitrogens with two attached hydrogens (primary N) is 1. The minimum atomic E-state index is 0.288. The molecule has 0 aromatic carbocycles. The van der Waals surface area contributed by atoms with Crippen LogP contribution >= 0.6 is 0 Å². The number of nitrogens with zero attached hydrogens (tertiary/aromatic N) is 1. The van der Waals surface area contributed by atoms with Crippen LogP contribution in [0.1, 0.15) is 51.9 Å². The van der Waals surface area contributed by atoms with Crippen molar-refractivity contribution < 1.29 is 4.79 Å². The Morgan fingerprint density at radius 1 is 1.17 bits per heavy atom. The normalized spacial score (nSPS) is 31.8. The van der Waals surface area contributed by atoms with Gasteiger partial charge in [-0.15, -0.1) is 0 Å². The van der Waals surface area contributed by atoms with Crippen LogP contribution in [-0.4, -0.2) is 30.4 Å². The van der Waals surface area contributed by atoms with Crippen molar-refractivity contribution in [3.05, 3.63) is 0 Å². The second-order valence-corrected chi connectivity index (χ2v) is 6.02. The monoisotopic (exact) mass is 252 g/mol. The van der Waals surface area contributed by atoms with Crippen LogP contribution in [0, 0.1) is 17.8 Å². The van der Waals surface area contributed by atoms with Crippen LogP contribution in [0.5, 0.6) is 0 Å². The molecule has 1 amide bonds. The zero-order valence-electron chi connectivity index (χ0n) is 11.7. The van der Waals surface area contributed by atoms with E-state index in [2.05, 4.69) is 6.92 Å². The third-order valence-electron chi connectivity index (χ3n) is 4.98. The molecule has 0 bridgehead atoms. The van der Waals surface area contributed by atoms with Gasteiger partial charge in [-0.3, -0.25) is 4.79 Å². The summed E-state index contributed by atoms with van der Waals surface area (Å²) in [6.07, 6.45) is 9.09. The molecule has 104 valence electrons. The van der Waals surface area contributed by atoms with E-state index in [0.717, 1.165) is 37.8 Å². The van der Waals surface area contributed by atoms with E-state index < -0.39 is 0 Å². The lowest BCUT2D eigenvalue weighted by Gasteiger charge is -2.40. The van der Waals surface area contributed by atoms with Gasteiger partial charge in [0.25, 0.3) is 0 Å². The molecule has 2 N–H and O–H groups in total. The molecule has 2 saturated carbocycles. The highest BCUT2D eigenvalue weighted by Crippen LogP contribution is 2.43. The van der Waals surface area contributed by atoms with E-state index in [1.807, 2.05) is 4.90 Å². The number of amides is 1. The van der Waals surface area contributed by atoms with Crippen molar-refractivity contribution in [2.75, 3.05) is 19.6 Å². The summed E-state index contributed by atoms with van der Waals surface area (Å²) >= 11 is 0. The van der Waals surface area contributed by atoms with Crippen LogP contribution in [0.3, 0.4) is 0 Å². The van der Waals surface area contributed by atoms with Gasteiger partial charge in [0.05, 0.1) is 0 Å². The molecule has 0 spiro atoms. The Bertz CT molecular complexity index is 280. The second kappa shape index (κ2) is 6.55. The molecule has 0 aromatic rings. The molecule has 3 unspecified atom stereocenters. The molecular formula is C15H28N2O. The van der Waals surface area contributed by atoms with Gasteiger partial charge in [0.1, 0.15) is 0 Å². The molecular weight excluding hydrogens is 224 g/mol. The highest BCUT2D eigenvalue weighted by Gasteiger charge is 2.36. The topological polar surface area (TPSA) is 46.3 Å². The number of hydrogen-bond acceptors (Lipinski definition) is 2. The minimum Gasteiger partial charge on any atom is -0.341 e. The zero-order valence-corrected chi connectivity index (χ0v) is 11.7. The molecule has 2 aliphatic carbocycles. The van der Waals surface area contributed by atoms with E-state index in [-0.39, 0.29) is 5.92 Å². The lowest BCUT2D eigenvalue weighted by Crippen LogP contribution is -2.42. The van der Waals surface area contributed by atoms with Gasteiger partial charge in [-0.25, -0.2) is 0 Å². The average Bonchev–Trinajstić information content (AvgIpc) is 2.43. The Morgan fingerprint density at radius 3 is 2.56 bits per heavy atom. The molecule has 0 radical (unpaired) electrons. The van der Waals surface area contributed by atoms with Gasteiger partial charge >= 0.3 is 0 Å². The van der Waals surface area contributed by atoms with Crippen LogP contribution in [-0.2, 0) is 4.79 Å². The molecule has 0 saturated heterocycles. The van der Waals surface area contributed by atoms with Crippen molar-refractivity contribution in [1.82, 2.24) is 4.90 Å². The van der Waals surface area contributed by atoms with Crippen molar-refractivity contribution >= 4 is 5.91 Å². The standard InChI is InChI=1S/C15H28N2O/c1-2-17(10-9-16)15(18)14-8-7-12-5-3-4-6-13(12)11-14/h12-14H,2-11,16H2,1H3. The lowest BCUT2D eigenvalue weighted by molar-refractivity contribution is -0.137. The van der Waals surface area contributed by atoms with Gasteiger partial charge in [-0.1, -0.05) is 25.7 Å². The maximum Gasteiger partial charge on any atom is 0.225 e. The number of carbonyl (C=O) groups excluding carboxylic acids is 1. The SMILES string of the molecule is CCN(CCN)C(=O)C1CCC2CCCCC2C1. The predicted molar refractivity (Wildman–Crippen MR) is 74.1 cm³/mol. The fraction of sp³-hybridized carbons (Fsp3) is 0.933. The summed E-state index contributed by atoms with van der Waals surface area (Å²) in [5.41, 5.74) is 5.58. The molecule has 3 heteroatoms. The van der Waals surface area contributed by atoms with Gasteiger partial charge in [0, 0.05) is 25.6 Å². The Kier molecular flexibility index (Phi) is 5.04. The molecule has 3 atom stereocenters. The molecule has 0 heterocycles. The third kappa shape index (κ3) is 3.05. The molecule has 18 heavy (non-hydrogen) atoms.